The highest BCUT2D eigenvalue weighted by atomic mass is 16.5. The van der Waals surface area contributed by atoms with Gasteiger partial charge in [0.25, 0.3) is 0 Å². The number of rotatable bonds is 6. The molecule has 106 valence electrons. The van der Waals surface area contributed by atoms with Crippen LogP contribution in [0.1, 0.15) is 64.1 Å². The van der Waals surface area contributed by atoms with Crippen molar-refractivity contribution in [3.05, 3.63) is 11.7 Å². The first-order valence-electron chi connectivity index (χ1n) is 7.13. The van der Waals surface area contributed by atoms with Crippen LogP contribution in [0, 0.1) is 0 Å². The van der Waals surface area contributed by atoms with Crippen LogP contribution in [0.25, 0.3) is 0 Å². The number of aromatic nitrogens is 2. The van der Waals surface area contributed by atoms with Crippen molar-refractivity contribution in [1.29, 1.82) is 0 Å². The van der Waals surface area contributed by atoms with Gasteiger partial charge in [0, 0.05) is 19.4 Å². The van der Waals surface area contributed by atoms with E-state index in [0.29, 0.717) is 31.2 Å². The lowest BCUT2D eigenvalue weighted by molar-refractivity contribution is -0.117. The molecule has 5 heteroatoms. The highest BCUT2D eigenvalue weighted by Gasteiger charge is 2.39. The fourth-order valence-electron chi connectivity index (χ4n) is 2.66. The number of carbonyl (C=O) groups is 1. The van der Waals surface area contributed by atoms with E-state index >= 15 is 0 Å². The summed E-state index contributed by atoms with van der Waals surface area (Å²) in [5.41, 5.74) is -0.370. The average Bonchev–Trinajstić information content (AvgIpc) is 2.87. The molecule has 0 N–H and O–H groups in total. The van der Waals surface area contributed by atoms with E-state index in [1.165, 1.54) is 6.42 Å². The Hall–Kier alpha value is -1.23. The molecule has 0 unspecified atom stereocenters. The van der Waals surface area contributed by atoms with Gasteiger partial charge in [0.2, 0.25) is 11.7 Å². The number of ketones is 1. The first-order chi connectivity index (χ1) is 9.16. The molecular formula is C14H22N2O3. The number of ether oxygens (including phenoxy) is 1. The minimum Gasteiger partial charge on any atom is -0.367 e. The normalized spacial score (nSPS) is 18.4. The molecule has 0 aromatic carbocycles. The number of nitrogens with zero attached hydrogens (tertiary/aromatic N) is 2. The molecule has 1 aliphatic carbocycles. The molecule has 1 aliphatic rings. The second-order valence-corrected chi connectivity index (χ2v) is 5.20. The Bertz CT molecular complexity index is 417. The van der Waals surface area contributed by atoms with Crippen LogP contribution < -0.4 is 0 Å². The topological polar surface area (TPSA) is 65.2 Å². The van der Waals surface area contributed by atoms with E-state index < -0.39 is 0 Å². The quantitative estimate of drug-likeness (QED) is 0.792. The van der Waals surface area contributed by atoms with Crippen molar-refractivity contribution in [1.82, 2.24) is 10.1 Å². The Morgan fingerprint density at radius 3 is 2.74 bits per heavy atom. The summed E-state index contributed by atoms with van der Waals surface area (Å²) in [6.07, 6.45) is 6.38. The molecular weight excluding hydrogens is 244 g/mol. The van der Waals surface area contributed by atoms with Crippen LogP contribution in [0.5, 0.6) is 0 Å². The summed E-state index contributed by atoms with van der Waals surface area (Å²) in [5.74, 6) is 1.33. The van der Waals surface area contributed by atoms with Crippen molar-refractivity contribution in [3.63, 3.8) is 0 Å². The standard InChI is InChI=1S/C14H22N2O3/c1-3-18-14(9-5-4-6-10-14)13-15-12(19-16-13)8-7-11(2)17/h3-10H2,1-2H3. The monoisotopic (exact) mass is 266 g/mol. The predicted octanol–water partition coefficient (Wildman–Crippen LogP) is 2.79. The summed E-state index contributed by atoms with van der Waals surface area (Å²) >= 11 is 0. The molecule has 19 heavy (non-hydrogen) atoms. The third kappa shape index (κ3) is 3.41. The van der Waals surface area contributed by atoms with Crippen molar-refractivity contribution in [2.45, 2.75) is 64.4 Å². The lowest BCUT2D eigenvalue weighted by Crippen LogP contribution is -2.33. The third-order valence-corrected chi connectivity index (χ3v) is 3.65. The average molecular weight is 266 g/mol. The summed E-state index contributed by atoms with van der Waals surface area (Å²) in [4.78, 5) is 15.4. The SMILES string of the molecule is CCOC1(c2noc(CCC(C)=O)n2)CCCCC1. The van der Waals surface area contributed by atoms with E-state index in [-0.39, 0.29) is 11.4 Å². The van der Waals surface area contributed by atoms with Gasteiger partial charge < -0.3 is 14.1 Å². The minimum absolute atomic E-state index is 0.136. The number of hydrogen-bond acceptors (Lipinski definition) is 5. The van der Waals surface area contributed by atoms with Crippen LogP contribution in [0.2, 0.25) is 0 Å². The number of Topliss-reactive ketones (excluding diaryl/α,β-unsaturated/α-hetero) is 1. The maximum absolute atomic E-state index is 11.0. The van der Waals surface area contributed by atoms with E-state index in [2.05, 4.69) is 10.1 Å². The molecule has 0 atom stereocenters. The third-order valence-electron chi connectivity index (χ3n) is 3.65. The number of aryl methyl sites for hydroxylation is 1. The Balaban J connectivity index is 2.11. The molecule has 0 amide bonds. The highest BCUT2D eigenvalue weighted by Crippen LogP contribution is 2.39. The van der Waals surface area contributed by atoms with Crippen LogP contribution in [0.3, 0.4) is 0 Å². The summed E-state index contributed by atoms with van der Waals surface area (Å²) in [6.45, 7) is 4.21. The van der Waals surface area contributed by atoms with Crippen LogP contribution in [-0.4, -0.2) is 22.5 Å². The minimum atomic E-state index is -0.370. The molecule has 0 bridgehead atoms. The van der Waals surface area contributed by atoms with Gasteiger partial charge in [-0.05, 0) is 26.7 Å². The van der Waals surface area contributed by atoms with Crippen molar-refractivity contribution in [2.24, 2.45) is 0 Å². The van der Waals surface area contributed by atoms with Crippen molar-refractivity contribution in [3.8, 4) is 0 Å². The molecule has 0 aliphatic heterocycles. The zero-order valence-corrected chi connectivity index (χ0v) is 11.8. The smallest absolute Gasteiger partial charge is 0.227 e. The maximum atomic E-state index is 11.0. The van der Waals surface area contributed by atoms with Gasteiger partial charge in [-0.3, -0.25) is 0 Å². The number of hydrogen-bond donors (Lipinski definition) is 0. The van der Waals surface area contributed by atoms with E-state index in [0.717, 1.165) is 25.7 Å². The Labute approximate surface area is 113 Å². The lowest BCUT2D eigenvalue weighted by atomic mass is 9.84. The van der Waals surface area contributed by atoms with Crippen LogP contribution in [-0.2, 0) is 21.6 Å². The fourth-order valence-corrected chi connectivity index (χ4v) is 2.66. The van der Waals surface area contributed by atoms with E-state index in [4.69, 9.17) is 9.26 Å². The van der Waals surface area contributed by atoms with Crippen molar-refractivity contribution < 1.29 is 14.1 Å². The second kappa shape index (κ2) is 6.28. The van der Waals surface area contributed by atoms with Crippen LogP contribution in [0.15, 0.2) is 4.52 Å². The molecule has 0 radical (unpaired) electrons. The summed E-state index contributed by atoms with van der Waals surface area (Å²) in [7, 11) is 0. The van der Waals surface area contributed by atoms with E-state index in [1.807, 2.05) is 6.92 Å². The van der Waals surface area contributed by atoms with Crippen molar-refractivity contribution in [2.75, 3.05) is 6.61 Å². The second-order valence-electron chi connectivity index (χ2n) is 5.20. The molecule has 5 nitrogen and oxygen atoms in total. The van der Waals surface area contributed by atoms with Gasteiger partial charge in [0.1, 0.15) is 11.4 Å². The lowest BCUT2D eigenvalue weighted by Gasteiger charge is -2.33. The zero-order valence-electron chi connectivity index (χ0n) is 11.8. The van der Waals surface area contributed by atoms with E-state index in [1.54, 1.807) is 6.92 Å². The van der Waals surface area contributed by atoms with Gasteiger partial charge in [-0.15, -0.1) is 0 Å². The molecule has 1 aromatic rings. The van der Waals surface area contributed by atoms with Crippen molar-refractivity contribution >= 4 is 5.78 Å². The maximum Gasteiger partial charge on any atom is 0.227 e. The molecule has 1 saturated carbocycles. The molecule has 0 saturated heterocycles. The Kier molecular flexibility index (Phi) is 4.69. The number of carbonyl (C=O) groups excluding carboxylic acids is 1. The van der Waals surface area contributed by atoms with Gasteiger partial charge in [0.05, 0.1) is 0 Å². The summed E-state index contributed by atoms with van der Waals surface area (Å²) in [5, 5.41) is 4.09. The molecule has 2 rings (SSSR count). The largest absolute Gasteiger partial charge is 0.367 e. The highest BCUT2D eigenvalue weighted by molar-refractivity contribution is 5.75. The summed E-state index contributed by atoms with van der Waals surface area (Å²) in [6, 6.07) is 0. The molecule has 1 heterocycles. The van der Waals surface area contributed by atoms with Gasteiger partial charge in [-0.2, -0.15) is 4.98 Å². The first kappa shape index (κ1) is 14.2. The Morgan fingerprint density at radius 1 is 1.37 bits per heavy atom. The van der Waals surface area contributed by atoms with Gasteiger partial charge in [0.15, 0.2) is 0 Å². The predicted molar refractivity (Wildman–Crippen MR) is 69.7 cm³/mol. The molecule has 0 spiro atoms. The van der Waals surface area contributed by atoms with E-state index in [9.17, 15) is 4.79 Å². The van der Waals surface area contributed by atoms with Crippen LogP contribution >= 0.6 is 0 Å². The molecule has 1 aromatic heterocycles. The molecule has 1 fully saturated rings. The van der Waals surface area contributed by atoms with Gasteiger partial charge >= 0.3 is 0 Å². The van der Waals surface area contributed by atoms with Crippen LogP contribution in [0.4, 0.5) is 0 Å². The first-order valence-corrected chi connectivity index (χ1v) is 7.13. The zero-order chi connectivity index (χ0) is 13.7. The van der Waals surface area contributed by atoms with Gasteiger partial charge in [-0.25, -0.2) is 0 Å². The summed E-state index contributed by atoms with van der Waals surface area (Å²) < 4.78 is 11.2. The fraction of sp³-hybridized carbons (Fsp3) is 0.786. The Morgan fingerprint density at radius 2 is 2.11 bits per heavy atom. The van der Waals surface area contributed by atoms with Gasteiger partial charge in [-0.1, -0.05) is 24.4 Å².